The lowest BCUT2D eigenvalue weighted by Crippen LogP contribution is -2.28. The summed E-state index contributed by atoms with van der Waals surface area (Å²) in [5, 5.41) is 5.15. The van der Waals surface area contributed by atoms with Gasteiger partial charge in [-0.2, -0.15) is 4.31 Å². The molecule has 0 bridgehead atoms. The molecule has 2 rings (SSSR count). The van der Waals surface area contributed by atoms with Gasteiger partial charge in [-0.05, 0) is 6.42 Å². The molecule has 2 aromatic rings. The number of fused-ring (bicyclic) bond motifs is 1. The number of rotatable bonds is 6. The van der Waals surface area contributed by atoms with Gasteiger partial charge in [0.15, 0.2) is 15.8 Å². The Kier molecular flexibility index (Phi) is 4.12. The second-order valence-electron chi connectivity index (χ2n) is 4.17. The van der Waals surface area contributed by atoms with E-state index in [4.69, 9.17) is 0 Å². The summed E-state index contributed by atoms with van der Waals surface area (Å²) in [6.07, 6.45) is 2.65. The van der Waals surface area contributed by atoms with Gasteiger partial charge >= 0.3 is 0 Å². The smallest absolute Gasteiger partial charge is 0.262 e. The van der Waals surface area contributed by atoms with Crippen molar-refractivity contribution in [2.45, 2.75) is 25.3 Å². The molecule has 0 saturated heterocycles. The van der Waals surface area contributed by atoms with Gasteiger partial charge in [-0.1, -0.05) is 13.8 Å². The molecular weight excluding hydrogens is 284 g/mol. The van der Waals surface area contributed by atoms with Crippen LogP contribution in [0.5, 0.6) is 0 Å². The Morgan fingerprint density at radius 2 is 2.21 bits per heavy atom. The van der Waals surface area contributed by atoms with E-state index in [0.717, 1.165) is 6.42 Å². The highest BCUT2D eigenvalue weighted by Gasteiger charge is 2.28. The van der Waals surface area contributed by atoms with E-state index in [1.165, 1.54) is 15.6 Å². The Hall–Kier alpha value is -1.12. The molecule has 106 valence electrons. The minimum atomic E-state index is -3.53. The Balaban J connectivity index is 2.58. The SMILES string of the molecule is CCCNc1nc2sccn2c1S(=O)(=O)N(C)CC. The monoisotopic (exact) mass is 302 g/mol. The third-order valence-corrected chi connectivity index (χ3v) is 5.57. The van der Waals surface area contributed by atoms with Gasteiger partial charge in [0.25, 0.3) is 10.0 Å². The molecular formula is C11H18N4O2S2. The minimum absolute atomic E-state index is 0.224. The summed E-state index contributed by atoms with van der Waals surface area (Å²) in [5.41, 5.74) is 0. The Morgan fingerprint density at radius 1 is 1.47 bits per heavy atom. The van der Waals surface area contributed by atoms with Crippen LogP contribution in [0.15, 0.2) is 16.6 Å². The number of thiazole rings is 1. The predicted molar refractivity (Wildman–Crippen MR) is 77.3 cm³/mol. The molecule has 0 amide bonds. The molecule has 2 aromatic heterocycles. The predicted octanol–water partition coefficient (Wildman–Crippen LogP) is 1.86. The van der Waals surface area contributed by atoms with E-state index >= 15 is 0 Å². The number of anilines is 1. The van der Waals surface area contributed by atoms with Gasteiger partial charge in [0, 0.05) is 31.7 Å². The average Bonchev–Trinajstić information content (AvgIpc) is 2.94. The fourth-order valence-corrected chi connectivity index (χ4v) is 3.85. The lowest BCUT2D eigenvalue weighted by atomic mass is 10.5. The molecule has 0 aromatic carbocycles. The molecule has 19 heavy (non-hydrogen) atoms. The number of aromatic nitrogens is 2. The Labute approximate surface area is 117 Å². The van der Waals surface area contributed by atoms with E-state index < -0.39 is 10.0 Å². The fraction of sp³-hybridized carbons (Fsp3) is 0.545. The quantitative estimate of drug-likeness (QED) is 0.884. The van der Waals surface area contributed by atoms with Crippen molar-refractivity contribution in [1.29, 1.82) is 0 Å². The fourth-order valence-electron chi connectivity index (χ4n) is 1.69. The maximum absolute atomic E-state index is 12.5. The first-order chi connectivity index (χ1) is 9.02. The van der Waals surface area contributed by atoms with Crippen LogP contribution in [0.4, 0.5) is 5.82 Å². The topological polar surface area (TPSA) is 66.7 Å². The van der Waals surface area contributed by atoms with Crippen molar-refractivity contribution < 1.29 is 8.42 Å². The van der Waals surface area contributed by atoms with E-state index in [1.54, 1.807) is 17.6 Å². The summed E-state index contributed by atoms with van der Waals surface area (Å²) in [4.78, 5) is 5.04. The molecule has 0 aliphatic rings. The molecule has 0 saturated carbocycles. The second kappa shape index (κ2) is 5.48. The Bertz CT molecular complexity index is 659. The van der Waals surface area contributed by atoms with Crippen LogP contribution >= 0.6 is 11.3 Å². The molecule has 0 spiro atoms. The first-order valence-corrected chi connectivity index (χ1v) is 8.50. The lowest BCUT2D eigenvalue weighted by molar-refractivity contribution is 0.483. The van der Waals surface area contributed by atoms with Crippen LogP contribution in [-0.2, 0) is 10.0 Å². The highest BCUT2D eigenvalue weighted by atomic mass is 32.2. The van der Waals surface area contributed by atoms with Gasteiger partial charge in [0.05, 0.1) is 0 Å². The van der Waals surface area contributed by atoms with Crippen molar-refractivity contribution >= 4 is 32.1 Å². The van der Waals surface area contributed by atoms with Crippen LogP contribution in [0.2, 0.25) is 0 Å². The van der Waals surface area contributed by atoms with Gasteiger partial charge in [-0.15, -0.1) is 11.3 Å². The summed E-state index contributed by atoms with van der Waals surface area (Å²) in [6, 6.07) is 0. The molecule has 0 aliphatic carbocycles. The number of imidazole rings is 1. The number of nitrogens with one attached hydrogen (secondary N) is 1. The summed E-state index contributed by atoms with van der Waals surface area (Å²) in [5.74, 6) is 0.439. The first-order valence-electron chi connectivity index (χ1n) is 6.18. The van der Waals surface area contributed by atoms with E-state index in [9.17, 15) is 8.42 Å². The zero-order valence-corrected chi connectivity index (χ0v) is 12.9. The Morgan fingerprint density at radius 3 is 2.84 bits per heavy atom. The van der Waals surface area contributed by atoms with E-state index in [-0.39, 0.29) is 5.03 Å². The van der Waals surface area contributed by atoms with Crippen molar-refractivity contribution in [3.63, 3.8) is 0 Å². The molecule has 0 unspecified atom stereocenters. The third-order valence-electron chi connectivity index (χ3n) is 2.86. The zero-order chi connectivity index (χ0) is 14.0. The van der Waals surface area contributed by atoms with Crippen LogP contribution in [0.25, 0.3) is 4.96 Å². The maximum Gasteiger partial charge on any atom is 0.262 e. The van der Waals surface area contributed by atoms with Gasteiger partial charge < -0.3 is 5.32 Å². The largest absolute Gasteiger partial charge is 0.368 e. The first kappa shape index (κ1) is 14.3. The highest BCUT2D eigenvalue weighted by Crippen LogP contribution is 2.27. The third kappa shape index (κ3) is 2.47. The zero-order valence-electron chi connectivity index (χ0n) is 11.3. The van der Waals surface area contributed by atoms with E-state index in [1.807, 2.05) is 19.2 Å². The van der Waals surface area contributed by atoms with Crippen LogP contribution in [0.3, 0.4) is 0 Å². The van der Waals surface area contributed by atoms with E-state index in [0.29, 0.717) is 23.9 Å². The normalized spacial score (nSPS) is 12.4. The van der Waals surface area contributed by atoms with Crippen LogP contribution in [0.1, 0.15) is 20.3 Å². The summed E-state index contributed by atoms with van der Waals surface area (Å²) >= 11 is 1.42. The molecule has 2 heterocycles. The summed E-state index contributed by atoms with van der Waals surface area (Å²) < 4.78 is 28.1. The number of hydrogen-bond acceptors (Lipinski definition) is 5. The lowest BCUT2D eigenvalue weighted by Gasteiger charge is -2.15. The van der Waals surface area contributed by atoms with Crippen LogP contribution in [-0.4, -0.2) is 42.2 Å². The van der Waals surface area contributed by atoms with Crippen molar-refractivity contribution in [3.05, 3.63) is 11.6 Å². The van der Waals surface area contributed by atoms with Crippen molar-refractivity contribution in [2.24, 2.45) is 0 Å². The van der Waals surface area contributed by atoms with Gasteiger partial charge in [-0.25, -0.2) is 13.4 Å². The highest BCUT2D eigenvalue weighted by molar-refractivity contribution is 7.89. The molecule has 6 nitrogen and oxygen atoms in total. The molecule has 0 atom stereocenters. The molecule has 1 N–H and O–H groups in total. The number of nitrogens with zero attached hydrogens (tertiary/aromatic N) is 3. The van der Waals surface area contributed by atoms with Gasteiger partial charge in [0.1, 0.15) is 0 Å². The minimum Gasteiger partial charge on any atom is -0.368 e. The summed E-state index contributed by atoms with van der Waals surface area (Å²) in [7, 11) is -1.95. The van der Waals surface area contributed by atoms with Crippen LogP contribution < -0.4 is 5.32 Å². The standard InChI is InChI=1S/C11H18N4O2S2/c1-4-6-12-9-10(19(16,17)14(3)5-2)15-7-8-18-11(15)13-9/h7-8,12H,4-6H2,1-3H3. The van der Waals surface area contributed by atoms with Crippen molar-refractivity contribution in [3.8, 4) is 0 Å². The summed E-state index contributed by atoms with van der Waals surface area (Å²) in [6.45, 7) is 4.95. The molecule has 0 radical (unpaired) electrons. The number of sulfonamides is 1. The van der Waals surface area contributed by atoms with Crippen LogP contribution in [0, 0.1) is 0 Å². The average molecular weight is 302 g/mol. The van der Waals surface area contributed by atoms with Crippen molar-refractivity contribution in [1.82, 2.24) is 13.7 Å². The molecule has 0 aliphatic heterocycles. The van der Waals surface area contributed by atoms with Crippen molar-refractivity contribution in [2.75, 3.05) is 25.5 Å². The molecule has 8 heteroatoms. The number of hydrogen-bond donors (Lipinski definition) is 1. The maximum atomic E-state index is 12.5. The second-order valence-corrected chi connectivity index (χ2v) is 7.00. The van der Waals surface area contributed by atoms with E-state index in [2.05, 4.69) is 10.3 Å². The molecule has 0 fully saturated rings. The van der Waals surface area contributed by atoms with Gasteiger partial charge in [0.2, 0.25) is 0 Å². The van der Waals surface area contributed by atoms with Gasteiger partial charge in [-0.3, -0.25) is 4.40 Å².